The van der Waals surface area contributed by atoms with E-state index in [1.807, 2.05) is 0 Å². The Hall–Kier alpha value is -1.09. The molecule has 0 saturated heterocycles. The van der Waals surface area contributed by atoms with Crippen molar-refractivity contribution in [3.8, 4) is 5.75 Å². The van der Waals surface area contributed by atoms with Crippen LogP contribution >= 0.6 is 12.2 Å². The van der Waals surface area contributed by atoms with Crippen molar-refractivity contribution in [2.75, 3.05) is 0 Å². The zero-order chi connectivity index (χ0) is 19.0. The van der Waals surface area contributed by atoms with E-state index in [9.17, 15) is 0 Å². The first-order chi connectivity index (χ1) is 13.0. The largest absolute Gasteiger partial charge is 0.432 e. The predicted molar refractivity (Wildman–Crippen MR) is 116 cm³/mol. The molecule has 0 spiro atoms. The van der Waals surface area contributed by atoms with Crippen LogP contribution in [0.2, 0.25) is 0 Å². The highest BCUT2D eigenvalue weighted by atomic mass is 32.1. The summed E-state index contributed by atoms with van der Waals surface area (Å²) >= 11 is 5.61. The molecule has 0 heterocycles. The van der Waals surface area contributed by atoms with E-state index in [0.29, 0.717) is 17.0 Å². The van der Waals surface area contributed by atoms with Crippen LogP contribution < -0.4 is 10.1 Å². The Kier molecular flexibility index (Phi) is 5.51. The van der Waals surface area contributed by atoms with E-state index in [-0.39, 0.29) is 5.54 Å². The van der Waals surface area contributed by atoms with Gasteiger partial charge >= 0.3 is 0 Å². The second-order valence-electron chi connectivity index (χ2n) is 9.92. The number of hydrogen-bond donors (Lipinski definition) is 1. The average molecular weight is 386 g/mol. The van der Waals surface area contributed by atoms with E-state index in [1.165, 1.54) is 56.9 Å². The number of hydrogen-bond acceptors (Lipinski definition) is 2. The summed E-state index contributed by atoms with van der Waals surface area (Å²) in [5.41, 5.74) is 1.63. The lowest BCUT2D eigenvalue weighted by Crippen LogP contribution is -2.60. The zero-order valence-electron chi connectivity index (χ0n) is 17.2. The molecule has 1 aromatic rings. The molecule has 3 heteroatoms. The van der Waals surface area contributed by atoms with Gasteiger partial charge in [-0.1, -0.05) is 39.3 Å². The molecule has 4 saturated carbocycles. The normalized spacial score (nSPS) is 32.5. The van der Waals surface area contributed by atoms with Crippen LogP contribution in [-0.4, -0.2) is 10.7 Å². The third-order valence-corrected chi connectivity index (χ3v) is 7.51. The maximum Gasteiger partial charge on any atom is 0.262 e. The zero-order valence-corrected chi connectivity index (χ0v) is 18.0. The Labute approximate surface area is 170 Å². The standard InChI is InChI=1S/C24H35NOS/c1-4-5-22(16(2)3)20-6-8-21(9-7-20)26-23(27)25-24-13-17-10-18(14-24)12-19(11-17)15-24/h6-9,16-19,22H,4-5,10-15H2,1-3H3,(H,25,27). The molecule has 1 N–H and O–H groups in total. The fourth-order valence-corrected chi connectivity index (χ4v) is 6.90. The first kappa shape index (κ1) is 19.2. The summed E-state index contributed by atoms with van der Waals surface area (Å²) in [4.78, 5) is 0. The Bertz CT molecular complexity index is 630. The summed E-state index contributed by atoms with van der Waals surface area (Å²) in [5, 5.41) is 4.23. The van der Waals surface area contributed by atoms with Gasteiger partial charge in [-0.3, -0.25) is 0 Å². The molecule has 2 nitrogen and oxygen atoms in total. The van der Waals surface area contributed by atoms with Gasteiger partial charge in [0.1, 0.15) is 5.75 Å². The van der Waals surface area contributed by atoms with Gasteiger partial charge in [-0.2, -0.15) is 0 Å². The fraction of sp³-hybridized carbons (Fsp3) is 0.708. The second kappa shape index (κ2) is 7.73. The molecule has 1 atom stereocenters. The van der Waals surface area contributed by atoms with E-state index < -0.39 is 0 Å². The van der Waals surface area contributed by atoms with Crippen LogP contribution in [0.1, 0.15) is 83.6 Å². The average Bonchev–Trinajstić information content (AvgIpc) is 2.58. The Morgan fingerprint density at radius 3 is 2.11 bits per heavy atom. The monoisotopic (exact) mass is 385 g/mol. The van der Waals surface area contributed by atoms with Gasteiger partial charge in [0.15, 0.2) is 0 Å². The summed E-state index contributed by atoms with van der Waals surface area (Å²) < 4.78 is 6.03. The van der Waals surface area contributed by atoms with Crippen LogP contribution in [0.15, 0.2) is 24.3 Å². The van der Waals surface area contributed by atoms with Crippen molar-refractivity contribution in [1.29, 1.82) is 0 Å². The molecule has 4 aliphatic carbocycles. The number of ether oxygens (including phenoxy) is 1. The summed E-state index contributed by atoms with van der Waals surface area (Å²) in [5.74, 6) is 4.89. The minimum absolute atomic E-state index is 0.218. The molecule has 0 aromatic heterocycles. The fourth-order valence-electron chi connectivity index (χ4n) is 6.59. The summed E-state index contributed by atoms with van der Waals surface area (Å²) in [6.07, 6.45) is 10.7. The highest BCUT2D eigenvalue weighted by molar-refractivity contribution is 7.80. The summed E-state index contributed by atoms with van der Waals surface area (Å²) in [7, 11) is 0. The maximum atomic E-state index is 6.03. The van der Waals surface area contributed by atoms with Crippen LogP contribution in [0.5, 0.6) is 5.75 Å². The van der Waals surface area contributed by atoms with Crippen LogP contribution in [0.3, 0.4) is 0 Å². The molecule has 4 fully saturated rings. The van der Waals surface area contributed by atoms with Crippen molar-refractivity contribution in [3.05, 3.63) is 29.8 Å². The highest BCUT2D eigenvalue weighted by Gasteiger charge is 2.51. The van der Waals surface area contributed by atoms with Crippen molar-refractivity contribution in [1.82, 2.24) is 5.32 Å². The van der Waals surface area contributed by atoms with Crippen molar-refractivity contribution in [3.63, 3.8) is 0 Å². The molecule has 0 amide bonds. The SMILES string of the molecule is CCCC(c1ccc(OC(=S)NC23CC4CC(CC(C4)C2)C3)cc1)C(C)C. The summed E-state index contributed by atoms with van der Waals surface area (Å²) in [6, 6.07) is 8.63. The van der Waals surface area contributed by atoms with Crippen LogP contribution in [0.4, 0.5) is 0 Å². The summed E-state index contributed by atoms with van der Waals surface area (Å²) in [6.45, 7) is 6.89. The van der Waals surface area contributed by atoms with Crippen molar-refractivity contribution in [2.45, 2.75) is 83.6 Å². The van der Waals surface area contributed by atoms with Crippen molar-refractivity contribution < 1.29 is 4.74 Å². The lowest BCUT2D eigenvalue weighted by Gasteiger charge is -2.57. The van der Waals surface area contributed by atoms with E-state index in [0.717, 1.165) is 23.5 Å². The third kappa shape index (κ3) is 4.18. The van der Waals surface area contributed by atoms with Gasteiger partial charge in [-0.15, -0.1) is 0 Å². The molecule has 0 radical (unpaired) electrons. The van der Waals surface area contributed by atoms with E-state index in [1.54, 1.807) is 0 Å². The van der Waals surface area contributed by atoms with Crippen LogP contribution in [0.25, 0.3) is 0 Å². The molecule has 0 aliphatic heterocycles. The molecule has 1 aromatic carbocycles. The van der Waals surface area contributed by atoms with Gasteiger partial charge in [0.05, 0.1) is 0 Å². The highest BCUT2D eigenvalue weighted by Crippen LogP contribution is 2.55. The first-order valence-corrected chi connectivity index (χ1v) is 11.5. The van der Waals surface area contributed by atoms with Gasteiger partial charge in [-0.05, 0) is 104 Å². The molecule has 4 aliphatic rings. The Morgan fingerprint density at radius 1 is 1.07 bits per heavy atom. The van der Waals surface area contributed by atoms with Crippen molar-refractivity contribution in [2.24, 2.45) is 23.7 Å². The van der Waals surface area contributed by atoms with Gasteiger partial charge in [0.25, 0.3) is 5.17 Å². The number of benzene rings is 1. The lowest BCUT2D eigenvalue weighted by molar-refractivity contribution is -0.0114. The molecule has 4 bridgehead atoms. The van der Waals surface area contributed by atoms with E-state index >= 15 is 0 Å². The maximum absolute atomic E-state index is 6.03. The molecule has 27 heavy (non-hydrogen) atoms. The first-order valence-electron chi connectivity index (χ1n) is 11.1. The second-order valence-corrected chi connectivity index (χ2v) is 10.3. The Balaban J connectivity index is 1.37. The molecular formula is C24H35NOS. The lowest BCUT2D eigenvalue weighted by atomic mass is 9.53. The quantitative estimate of drug-likeness (QED) is 0.569. The number of nitrogens with one attached hydrogen (secondary N) is 1. The smallest absolute Gasteiger partial charge is 0.262 e. The van der Waals surface area contributed by atoms with E-state index in [4.69, 9.17) is 17.0 Å². The van der Waals surface area contributed by atoms with Gasteiger partial charge in [0, 0.05) is 5.54 Å². The van der Waals surface area contributed by atoms with E-state index in [2.05, 4.69) is 50.4 Å². The van der Waals surface area contributed by atoms with Gasteiger partial charge in [0.2, 0.25) is 0 Å². The Morgan fingerprint density at radius 2 is 1.63 bits per heavy atom. The van der Waals surface area contributed by atoms with Crippen molar-refractivity contribution >= 4 is 17.4 Å². The molecule has 1 unspecified atom stereocenters. The predicted octanol–water partition coefficient (Wildman–Crippen LogP) is 6.45. The molecule has 5 rings (SSSR count). The third-order valence-electron chi connectivity index (χ3n) is 7.33. The minimum atomic E-state index is 0.218. The molecular weight excluding hydrogens is 350 g/mol. The molecule has 148 valence electrons. The minimum Gasteiger partial charge on any atom is -0.432 e. The topological polar surface area (TPSA) is 21.3 Å². The number of rotatable bonds is 6. The van der Waals surface area contributed by atoms with Gasteiger partial charge in [-0.25, -0.2) is 0 Å². The van der Waals surface area contributed by atoms with Crippen LogP contribution in [-0.2, 0) is 0 Å². The van der Waals surface area contributed by atoms with Crippen LogP contribution in [0, 0.1) is 23.7 Å². The number of thiocarbonyl (C=S) groups is 1. The van der Waals surface area contributed by atoms with Gasteiger partial charge < -0.3 is 10.1 Å².